The van der Waals surface area contributed by atoms with Crippen LogP contribution in [-0.2, 0) is 18.9 Å². The Balaban J connectivity index is 0.000000394. The fraction of sp³-hybridized carbons (Fsp3) is 0.929. The van der Waals surface area contributed by atoms with Crippen LogP contribution in [0.25, 0.3) is 0 Å². The van der Waals surface area contributed by atoms with Crippen molar-refractivity contribution in [3.8, 4) is 0 Å². The maximum Gasteiger partial charge on any atom is 0.317 e. The molecule has 1 unspecified atom stereocenters. The summed E-state index contributed by atoms with van der Waals surface area (Å²) in [5, 5.41) is 2.75. The van der Waals surface area contributed by atoms with Crippen molar-refractivity contribution >= 4 is 6.03 Å². The Hall–Kier alpha value is -0.890. The minimum atomic E-state index is 0.0498. The van der Waals surface area contributed by atoms with Crippen molar-refractivity contribution in [1.82, 2.24) is 10.2 Å². The summed E-state index contributed by atoms with van der Waals surface area (Å²) in [7, 11) is 5.12. The molecule has 1 saturated heterocycles. The minimum absolute atomic E-state index is 0.0498. The van der Waals surface area contributed by atoms with Gasteiger partial charge < -0.3 is 29.2 Å². The van der Waals surface area contributed by atoms with Gasteiger partial charge in [-0.1, -0.05) is 0 Å². The first-order valence-corrected chi connectivity index (χ1v) is 7.27. The van der Waals surface area contributed by atoms with E-state index in [2.05, 4.69) is 12.2 Å². The van der Waals surface area contributed by atoms with E-state index in [1.54, 1.807) is 19.1 Å². The van der Waals surface area contributed by atoms with E-state index in [1.807, 2.05) is 7.05 Å². The van der Waals surface area contributed by atoms with Gasteiger partial charge in [0.05, 0.1) is 39.6 Å². The largest absolute Gasteiger partial charge is 0.382 e. The lowest BCUT2D eigenvalue weighted by atomic mass is 10.2. The van der Waals surface area contributed by atoms with Crippen molar-refractivity contribution in [3.05, 3.63) is 0 Å². The zero-order valence-electron chi connectivity index (χ0n) is 13.7. The van der Waals surface area contributed by atoms with Gasteiger partial charge >= 0.3 is 6.03 Å². The lowest BCUT2D eigenvalue weighted by Crippen LogP contribution is -2.48. The van der Waals surface area contributed by atoms with Crippen LogP contribution in [0.4, 0.5) is 4.79 Å². The summed E-state index contributed by atoms with van der Waals surface area (Å²) >= 11 is 0. The molecule has 0 spiro atoms. The molecule has 1 fully saturated rings. The maximum absolute atomic E-state index is 10.8. The third-order valence-electron chi connectivity index (χ3n) is 3.06. The first-order valence-electron chi connectivity index (χ1n) is 7.27. The number of hydrogen-bond acceptors (Lipinski definition) is 5. The molecule has 1 aliphatic rings. The first kappa shape index (κ1) is 20.1. The SMILES string of the molecule is CC1CCNC(=O)N1C.COCCOCCOCCOC. The number of nitrogens with one attached hydrogen (secondary N) is 1. The monoisotopic (exact) mass is 306 g/mol. The second-order valence-electron chi connectivity index (χ2n) is 4.69. The Morgan fingerprint density at radius 2 is 1.52 bits per heavy atom. The second kappa shape index (κ2) is 14.1. The van der Waals surface area contributed by atoms with Crippen molar-refractivity contribution in [2.24, 2.45) is 0 Å². The van der Waals surface area contributed by atoms with E-state index in [1.165, 1.54) is 0 Å². The average Bonchev–Trinajstić information content (AvgIpc) is 2.48. The van der Waals surface area contributed by atoms with E-state index in [-0.39, 0.29) is 6.03 Å². The molecule has 0 aromatic carbocycles. The quantitative estimate of drug-likeness (QED) is 0.636. The Kier molecular flexibility index (Phi) is 13.5. The van der Waals surface area contributed by atoms with Crippen LogP contribution >= 0.6 is 0 Å². The molecule has 1 atom stereocenters. The Labute approximate surface area is 127 Å². The van der Waals surface area contributed by atoms with E-state index in [4.69, 9.17) is 18.9 Å². The van der Waals surface area contributed by atoms with Gasteiger partial charge in [0.25, 0.3) is 0 Å². The topological polar surface area (TPSA) is 69.3 Å². The van der Waals surface area contributed by atoms with Crippen LogP contribution < -0.4 is 5.32 Å². The van der Waals surface area contributed by atoms with Crippen molar-refractivity contribution in [3.63, 3.8) is 0 Å². The number of nitrogens with zero attached hydrogens (tertiary/aromatic N) is 1. The summed E-state index contributed by atoms with van der Waals surface area (Å²) in [4.78, 5) is 12.5. The molecule has 1 aliphatic heterocycles. The number of urea groups is 1. The molecule has 0 aromatic rings. The number of ether oxygens (including phenoxy) is 4. The van der Waals surface area contributed by atoms with Gasteiger partial charge in [-0.25, -0.2) is 4.79 Å². The zero-order chi connectivity index (χ0) is 15.9. The van der Waals surface area contributed by atoms with Crippen LogP contribution in [0.15, 0.2) is 0 Å². The standard InChI is InChI=1S/C8H18O4.C6H12N2O/c1-9-3-5-11-7-8-12-6-4-10-2;1-5-3-4-7-6(9)8(5)2/h3-8H2,1-2H3;5H,3-4H2,1-2H3,(H,7,9). The van der Waals surface area contributed by atoms with Crippen LogP contribution in [0.1, 0.15) is 13.3 Å². The van der Waals surface area contributed by atoms with Gasteiger partial charge in [-0.2, -0.15) is 0 Å². The molecule has 2 amide bonds. The van der Waals surface area contributed by atoms with Crippen molar-refractivity contribution in [2.75, 3.05) is 67.5 Å². The highest BCUT2D eigenvalue weighted by Crippen LogP contribution is 2.04. The van der Waals surface area contributed by atoms with Gasteiger partial charge in [-0.05, 0) is 13.3 Å². The third-order valence-corrected chi connectivity index (χ3v) is 3.06. The number of amides is 2. The number of carbonyl (C=O) groups excluding carboxylic acids is 1. The van der Waals surface area contributed by atoms with Crippen molar-refractivity contribution in [2.45, 2.75) is 19.4 Å². The Bertz CT molecular complexity index is 244. The summed E-state index contributed by atoms with van der Waals surface area (Å²) in [5.74, 6) is 0. The normalized spacial score (nSPS) is 18.0. The van der Waals surface area contributed by atoms with Crippen molar-refractivity contribution in [1.29, 1.82) is 0 Å². The predicted octanol–water partition coefficient (Wildman–Crippen LogP) is 0.732. The van der Waals surface area contributed by atoms with Crippen LogP contribution in [0.3, 0.4) is 0 Å². The van der Waals surface area contributed by atoms with Crippen LogP contribution in [0.2, 0.25) is 0 Å². The number of rotatable bonds is 9. The molecular formula is C14H30N2O5. The summed E-state index contributed by atoms with van der Waals surface area (Å²) < 4.78 is 19.9. The number of hydrogen-bond donors (Lipinski definition) is 1. The van der Waals surface area contributed by atoms with E-state index < -0.39 is 0 Å². The van der Waals surface area contributed by atoms with Gasteiger partial charge in [0.15, 0.2) is 0 Å². The summed E-state index contributed by atoms with van der Waals surface area (Å²) in [5.41, 5.74) is 0. The molecule has 0 aliphatic carbocycles. The summed E-state index contributed by atoms with van der Waals surface area (Å²) in [6, 6.07) is 0.451. The molecule has 0 saturated carbocycles. The smallest absolute Gasteiger partial charge is 0.317 e. The molecule has 0 bridgehead atoms. The molecule has 0 radical (unpaired) electrons. The lowest BCUT2D eigenvalue weighted by Gasteiger charge is -2.29. The van der Waals surface area contributed by atoms with Gasteiger partial charge in [-0.15, -0.1) is 0 Å². The van der Waals surface area contributed by atoms with Crippen LogP contribution in [0.5, 0.6) is 0 Å². The zero-order valence-corrected chi connectivity index (χ0v) is 13.7. The first-order chi connectivity index (χ1) is 10.1. The minimum Gasteiger partial charge on any atom is -0.382 e. The van der Waals surface area contributed by atoms with Crippen LogP contribution in [0, 0.1) is 0 Å². The number of carbonyl (C=O) groups is 1. The van der Waals surface area contributed by atoms with Crippen molar-refractivity contribution < 1.29 is 23.7 Å². The Morgan fingerprint density at radius 3 is 1.90 bits per heavy atom. The lowest BCUT2D eigenvalue weighted by molar-refractivity contribution is 0.0106. The van der Waals surface area contributed by atoms with Gasteiger partial charge in [0.2, 0.25) is 0 Å². The molecular weight excluding hydrogens is 276 g/mol. The average molecular weight is 306 g/mol. The predicted molar refractivity (Wildman–Crippen MR) is 80.6 cm³/mol. The molecule has 7 nitrogen and oxygen atoms in total. The second-order valence-corrected chi connectivity index (χ2v) is 4.69. The van der Waals surface area contributed by atoms with E-state index >= 15 is 0 Å². The van der Waals surface area contributed by atoms with E-state index in [0.717, 1.165) is 13.0 Å². The van der Waals surface area contributed by atoms with Gasteiger partial charge in [0.1, 0.15) is 0 Å². The fourth-order valence-corrected chi connectivity index (χ4v) is 1.51. The molecule has 21 heavy (non-hydrogen) atoms. The highest BCUT2D eigenvalue weighted by molar-refractivity contribution is 5.74. The Morgan fingerprint density at radius 1 is 1.05 bits per heavy atom. The fourth-order valence-electron chi connectivity index (χ4n) is 1.51. The molecule has 126 valence electrons. The maximum atomic E-state index is 10.8. The molecule has 1 heterocycles. The molecule has 1 N–H and O–H groups in total. The summed E-state index contributed by atoms with van der Waals surface area (Å²) in [6.07, 6.45) is 1.06. The number of methoxy groups -OCH3 is 2. The van der Waals surface area contributed by atoms with Gasteiger partial charge in [-0.3, -0.25) is 0 Å². The molecule has 1 rings (SSSR count). The third kappa shape index (κ3) is 11.4. The summed E-state index contributed by atoms with van der Waals surface area (Å²) in [6.45, 7) is 6.65. The molecule has 7 heteroatoms. The van der Waals surface area contributed by atoms with Crippen LogP contribution in [-0.4, -0.2) is 84.4 Å². The molecule has 0 aromatic heterocycles. The van der Waals surface area contributed by atoms with E-state index in [9.17, 15) is 4.79 Å². The highest BCUT2D eigenvalue weighted by Gasteiger charge is 2.19. The highest BCUT2D eigenvalue weighted by atomic mass is 16.5. The van der Waals surface area contributed by atoms with E-state index in [0.29, 0.717) is 45.7 Å². The van der Waals surface area contributed by atoms with Gasteiger partial charge in [0, 0.05) is 33.9 Å².